The first kappa shape index (κ1) is 22.2. The van der Waals surface area contributed by atoms with Crippen molar-refractivity contribution in [3.8, 4) is 17.2 Å². The molecule has 0 unspecified atom stereocenters. The van der Waals surface area contributed by atoms with Crippen molar-refractivity contribution in [3.63, 3.8) is 0 Å². The molecule has 158 valence electrons. The van der Waals surface area contributed by atoms with Gasteiger partial charge in [0.25, 0.3) is 11.5 Å². The third-order valence-electron chi connectivity index (χ3n) is 4.18. The van der Waals surface area contributed by atoms with E-state index in [-0.39, 0.29) is 12.2 Å². The van der Waals surface area contributed by atoms with Crippen molar-refractivity contribution >= 4 is 5.91 Å². The first-order chi connectivity index (χ1) is 13.8. The van der Waals surface area contributed by atoms with Crippen molar-refractivity contribution in [1.29, 1.82) is 0 Å². The van der Waals surface area contributed by atoms with Gasteiger partial charge in [-0.05, 0) is 32.6 Å². The molecular weight excluding hydrogens is 378 g/mol. The Morgan fingerprint density at radius 1 is 1.17 bits per heavy atom. The maximum Gasteiger partial charge on any atom is 0.352 e. The first-order valence-corrected chi connectivity index (χ1v) is 9.23. The van der Waals surface area contributed by atoms with E-state index in [1.165, 1.54) is 14.2 Å². The summed E-state index contributed by atoms with van der Waals surface area (Å²) < 4.78 is 12.5. The number of carbonyl (C=O) groups excluding carboxylic acids is 1. The average Bonchev–Trinajstić information content (AvgIpc) is 2.70. The Balaban J connectivity index is 2.58. The minimum atomic E-state index is -0.712. The lowest BCUT2D eigenvalue weighted by Crippen LogP contribution is -2.46. The highest BCUT2D eigenvalue weighted by atomic mass is 16.5. The highest BCUT2D eigenvalue weighted by molar-refractivity contribution is 5.91. The van der Waals surface area contributed by atoms with Crippen LogP contribution in [0.5, 0.6) is 11.5 Å². The average molecular weight is 405 g/mol. The van der Waals surface area contributed by atoms with Gasteiger partial charge < -0.3 is 19.7 Å². The zero-order valence-electron chi connectivity index (χ0n) is 17.4. The Morgan fingerprint density at radius 3 is 2.45 bits per heavy atom. The third-order valence-corrected chi connectivity index (χ3v) is 4.18. The second kappa shape index (κ2) is 9.87. The number of nitrogens with zero attached hydrogens (tertiary/aromatic N) is 4. The second-order valence-electron chi connectivity index (χ2n) is 6.60. The Labute approximate surface area is 168 Å². The van der Waals surface area contributed by atoms with E-state index in [0.29, 0.717) is 36.7 Å². The molecule has 0 aliphatic carbocycles. The summed E-state index contributed by atoms with van der Waals surface area (Å²) in [7, 11) is 6.71. The predicted octanol–water partition coefficient (Wildman–Crippen LogP) is 0.113. The molecule has 0 radical (unpaired) electrons. The van der Waals surface area contributed by atoms with E-state index in [1.807, 2.05) is 25.9 Å². The number of carbonyl (C=O) groups is 1. The molecule has 2 rings (SSSR count). The monoisotopic (exact) mass is 405 g/mol. The van der Waals surface area contributed by atoms with Crippen LogP contribution in [0, 0.1) is 0 Å². The number of likely N-dealkylation sites (N-methyl/N-ethyl adjacent to an activating group) is 1. The number of amides is 1. The predicted molar refractivity (Wildman–Crippen MR) is 108 cm³/mol. The molecule has 1 N–H and O–H groups in total. The molecule has 0 spiro atoms. The van der Waals surface area contributed by atoms with Crippen LogP contribution >= 0.6 is 0 Å². The molecule has 1 aromatic heterocycles. The molecule has 10 nitrogen and oxygen atoms in total. The zero-order valence-corrected chi connectivity index (χ0v) is 17.4. The van der Waals surface area contributed by atoms with Crippen LogP contribution in [0.3, 0.4) is 0 Å². The molecule has 0 aliphatic heterocycles. The van der Waals surface area contributed by atoms with E-state index in [2.05, 4.69) is 10.4 Å². The molecule has 1 aromatic carbocycles. The number of nitrogens with one attached hydrogen (secondary N) is 1. The number of methoxy groups -OCH3 is 2. The summed E-state index contributed by atoms with van der Waals surface area (Å²) in [4.78, 5) is 40.0. The van der Waals surface area contributed by atoms with Crippen molar-refractivity contribution in [3.05, 3.63) is 44.7 Å². The van der Waals surface area contributed by atoms with Crippen LogP contribution in [0.2, 0.25) is 0 Å². The van der Waals surface area contributed by atoms with E-state index in [4.69, 9.17) is 9.47 Å². The fourth-order valence-corrected chi connectivity index (χ4v) is 2.68. The number of rotatable bonds is 9. The van der Waals surface area contributed by atoms with Crippen LogP contribution in [0.4, 0.5) is 0 Å². The van der Waals surface area contributed by atoms with Crippen LogP contribution in [-0.4, -0.2) is 66.6 Å². The Kier molecular flexibility index (Phi) is 7.54. The number of hydrogen-bond donors (Lipinski definition) is 1. The molecular formula is C19H27N5O5. The summed E-state index contributed by atoms with van der Waals surface area (Å²) in [5.74, 6) is 0.243. The van der Waals surface area contributed by atoms with Crippen molar-refractivity contribution < 1.29 is 14.3 Å². The van der Waals surface area contributed by atoms with Gasteiger partial charge in [0.1, 0.15) is 0 Å². The van der Waals surface area contributed by atoms with Crippen molar-refractivity contribution in [1.82, 2.24) is 24.6 Å². The van der Waals surface area contributed by atoms with E-state index in [0.717, 1.165) is 9.25 Å². The normalized spacial score (nSPS) is 10.8. The summed E-state index contributed by atoms with van der Waals surface area (Å²) in [5.41, 5.74) is -1.34. The molecule has 1 amide bonds. The minimum absolute atomic E-state index is 0.172. The molecule has 29 heavy (non-hydrogen) atoms. The van der Waals surface area contributed by atoms with Gasteiger partial charge in [-0.25, -0.2) is 4.79 Å². The van der Waals surface area contributed by atoms with Gasteiger partial charge in [0.2, 0.25) is 5.69 Å². The molecule has 0 bridgehead atoms. The lowest BCUT2D eigenvalue weighted by molar-refractivity contribution is 0.0941. The quantitative estimate of drug-likeness (QED) is 0.631. The zero-order chi connectivity index (χ0) is 21.6. The largest absolute Gasteiger partial charge is 0.493 e. The van der Waals surface area contributed by atoms with Crippen molar-refractivity contribution in [2.75, 3.05) is 41.4 Å². The van der Waals surface area contributed by atoms with Crippen molar-refractivity contribution in [2.45, 2.75) is 19.9 Å². The van der Waals surface area contributed by atoms with E-state index in [1.54, 1.807) is 18.2 Å². The Bertz CT molecular complexity index is 980. The van der Waals surface area contributed by atoms with Crippen molar-refractivity contribution in [2.24, 2.45) is 0 Å². The van der Waals surface area contributed by atoms with Gasteiger partial charge in [0.05, 0.1) is 19.9 Å². The third kappa shape index (κ3) is 5.02. The molecule has 1 heterocycles. The van der Waals surface area contributed by atoms with Crippen LogP contribution < -0.4 is 26.0 Å². The topological polar surface area (TPSA) is 108 Å². The lowest BCUT2D eigenvalue weighted by atomic mass is 10.2. The standard InChI is InChI=1S/C19H27N5O5/c1-6-10-23-18(26)16(17(25)20-9-11-22(2)3)21-24(19(23)27)13-7-8-14(28-4)15(12-13)29-5/h7-8,12H,6,9-11H2,1-5H3,(H,20,25). The van der Waals surface area contributed by atoms with Gasteiger partial charge in [0.15, 0.2) is 11.5 Å². The highest BCUT2D eigenvalue weighted by Gasteiger charge is 2.20. The minimum Gasteiger partial charge on any atom is -0.493 e. The van der Waals surface area contributed by atoms with Gasteiger partial charge in [-0.15, -0.1) is 0 Å². The summed E-state index contributed by atoms with van der Waals surface area (Å²) in [6, 6.07) is 4.78. The Hall–Kier alpha value is -3.14. The maximum absolute atomic E-state index is 12.9. The smallest absolute Gasteiger partial charge is 0.352 e. The molecule has 0 aliphatic rings. The van der Waals surface area contributed by atoms with Gasteiger partial charge in [-0.1, -0.05) is 6.92 Å². The van der Waals surface area contributed by atoms with Gasteiger partial charge in [0, 0.05) is 25.7 Å². The molecule has 0 atom stereocenters. The van der Waals surface area contributed by atoms with Crippen LogP contribution in [0.25, 0.3) is 5.69 Å². The molecule has 10 heteroatoms. The highest BCUT2D eigenvalue weighted by Crippen LogP contribution is 2.28. The SMILES string of the molecule is CCCn1c(=O)c(C(=O)NCCN(C)C)nn(-c2ccc(OC)c(OC)c2)c1=O. The lowest BCUT2D eigenvalue weighted by Gasteiger charge is -2.14. The van der Waals surface area contributed by atoms with Gasteiger partial charge >= 0.3 is 5.69 Å². The van der Waals surface area contributed by atoms with Crippen LogP contribution in [0.1, 0.15) is 23.8 Å². The summed E-state index contributed by atoms with van der Waals surface area (Å²) in [5, 5.41) is 6.73. The van der Waals surface area contributed by atoms with Crippen LogP contribution in [0.15, 0.2) is 27.8 Å². The molecule has 2 aromatic rings. The first-order valence-electron chi connectivity index (χ1n) is 9.23. The number of benzene rings is 1. The molecule has 0 saturated heterocycles. The number of aromatic nitrogens is 3. The molecule has 0 saturated carbocycles. The summed E-state index contributed by atoms with van der Waals surface area (Å²) in [6.07, 6.45) is 0.548. The fraction of sp³-hybridized carbons (Fsp3) is 0.474. The maximum atomic E-state index is 12.9. The van der Waals surface area contributed by atoms with Gasteiger partial charge in [-0.2, -0.15) is 9.78 Å². The van der Waals surface area contributed by atoms with E-state index < -0.39 is 17.2 Å². The second-order valence-corrected chi connectivity index (χ2v) is 6.60. The van der Waals surface area contributed by atoms with E-state index >= 15 is 0 Å². The Morgan fingerprint density at radius 2 is 1.86 bits per heavy atom. The summed E-state index contributed by atoms with van der Waals surface area (Å²) >= 11 is 0. The molecule has 0 fully saturated rings. The van der Waals surface area contributed by atoms with E-state index in [9.17, 15) is 14.4 Å². The van der Waals surface area contributed by atoms with Gasteiger partial charge in [-0.3, -0.25) is 14.2 Å². The fourth-order valence-electron chi connectivity index (χ4n) is 2.68. The number of hydrogen-bond acceptors (Lipinski definition) is 7. The summed E-state index contributed by atoms with van der Waals surface area (Å²) in [6.45, 7) is 2.95. The number of ether oxygens (including phenoxy) is 2. The van der Waals surface area contributed by atoms with Crippen LogP contribution in [-0.2, 0) is 6.54 Å².